The molecule has 162 valence electrons. The molecule has 0 aliphatic rings. The van der Waals surface area contributed by atoms with E-state index >= 15 is 0 Å². The van der Waals surface area contributed by atoms with Crippen molar-refractivity contribution in [2.24, 2.45) is 0 Å². The molecule has 0 fully saturated rings. The van der Waals surface area contributed by atoms with Crippen LogP contribution in [0.1, 0.15) is 52.1 Å². The van der Waals surface area contributed by atoms with Crippen molar-refractivity contribution in [3.8, 4) is 0 Å². The van der Waals surface area contributed by atoms with E-state index in [-0.39, 0.29) is 27.9 Å². The highest BCUT2D eigenvalue weighted by molar-refractivity contribution is 7.18. The smallest absolute Gasteiger partial charge is 0.348 e. The fourth-order valence-electron chi connectivity index (χ4n) is 2.61. The van der Waals surface area contributed by atoms with Gasteiger partial charge in [0.1, 0.15) is 9.88 Å². The van der Waals surface area contributed by atoms with Crippen molar-refractivity contribution in [3.63, 3.8) is 0 Å². The number of rotatable bonds is 8. The SMILES string of the molecule is CCOC(=O)c1sc(NC(=O)Cn2nc(C)cc2[N+](=O)[O-])c(C(=O)OC(C)C)c1C. The number of amides is 1. The van der Waals surface area contributed by atoms with Gasteiger partial charge in [0.05, 0.1) is 30.0 Å². The molecule has 0 saturated carbocycles. The van der Waals surface area contributed by atoms with Gasteiger partial charge in [-0.2, -0.15) is 0 Å². The van der Waals surface area contributed by atoms with Gasteiger partial charge >= 0.3 is 17.8 Å². The van der Waals surface area contributed by atoms with Crippen LogP contribution in [-0.4, -0.2) is 45.3 Å². The zero-order valence-corrected chi connectivity index (χ0v) is 18.0. The van der Waals surface area contributed by atoms with Crippen molar-refractivity contribution in [1.29, 1.82) is 0 Å². The summed E-state index contributed by atoms with van der Waals surface area (Å²) < 4.78 is 11.2. The number of hydrogen-bond donors (Lipinski definition) is 1. The lowest BCUT2D eigenvalue weighted by Gasteiger charge is -2.10. The number of nitro groups is 1. The van der Waals surface area contributed by atoms with Gasteiger partial charge in [0, 0.05) is 0 Å². The highest BCUT2D eigenvalue weighted by Crippen LogP contribution is 2.34. The van der Waals surface area contributed by atoms with Crippen LogP contribution in [0.2, 0.25) is 0 Å². The first-order valence-corrected chi connectivity index (χ1v) is 9.86. The largest absolute Gasteiger partial charge is 0.462 e. The third-order valence-corrected chi connectivity index (χ3v) is 4.96. The molecule has 2 rings (SSSR count). The van der Waals surface area contributed by atoms with E-state index in [4.69, 9.17) is 9.47 Å². The van der Waals surface area contributed by atoms with Gasteiger partial charge in [-0.05, 0) is 45.1 Å². The summed E-state index contributed by atoms with van der Waals surface area (Å²) in [6.45, 7) is 7.80. The third kappa shape index (κ3) is 5.20. The van der Waals surface area contributed by atoms with E-state index in [9.17, 15) is 24.5 Å². The first kappa shape index (κ1) is 23.0. The van der Waals surface area contributed by atoms with E-state index in [1.807, 2.05) is 0 Å². The molecule has 2 aromatic rings. The average molecular weight is 438 g/mol. The number of aryl methyl sites for hydroxylation is 1. The first-order valence-electron chi connectivity index (χ1n) is 9.05. The maximum absolute atomic E-state index is 12.6. The van der Waals surface area contributed by atoms with Gasteiger partial charge in [-0.25, -0.2) is 9.59 Å². The van der Waals surface area contributed by atoms with Crippen LogP contribution in [0, 0.1) is 24.0 Å². The summed E-state index contributed by atoms with van der Waals surface area (Å²) in [5.74, 6) is -2.32. The molecule has 12 heteroatoms. The summed E-state index contributed by atoms with van der Waals surface area (Å²) in [5, 5.41) is 17.7. The Bertz CT molecular complexity index is 993. The topological polar surface area (TPSA) is 143 Å². The molecule has 1 amide bonds. The number of nitrogens with zero attached hydrogens (tertiary/aromatic N) is 3. The number of nitrogens with one attached hydrogen (secondary N) is 1. The van der Waals surface area contributed by atoms with Gasteiger partial charge < -0.3 is 24.9 Å². The second-order valence-corrected chi connectivity index (χ2v) is 7.56. The average Bonchev–Trinajstić information content (AvgIpc) is 3.14. The molecule has 0 radical (unpaired) electrons. The highest BCUT2D eigenvalue weighted by Gasteiger charge is 2.29. The zero-order chi connectivity index (χ0) is 22.6. The fourth-order valence-corrected chi connectivity index (χ4v) is 3.71. The molecule has 0 saturated heterocycles. The molecular formula is C18H22N4O7S. The van der Waals surface area contributed by atoms with Crippen LogP contribution in [0.15, 0.2) is 6.07 Å². The molecule has 0 aliphatic carbocycles. The van der Waals surface area contributed by atoms with Crippen LogP contribution in [0.25, 0.3) is 0 Å². The van der Waals surface area contributed by atoms with Crippen LogP contribution >= 0.6 is 11.3 Å². The Labute approximate surface area is 176 Å². The second kappa shape index (κ2) is 9.48. The number of esters is 2. The molecule has 11 nitrogen and oxygen atoms in total. The monoisotopic (exact) mass is 438 g/mol. The van der Waals surface area contributed by atoms with E-state index in [0.29, 0.717) is 11.3 Å². The Morgan fingerprint density at radius 3 is 2.53 bits per heavy atom. The summed E-state index contributed by atoms with van der Waals surface area (Å²) >= 11 is 0.873. The van der Waals surface area contributed by atoms with Gasteiger partial charge in [0.25, 0.3) is 5.91 Å². The molecule has 0 bridgehead atoms. The maximum atomic E-state index is 12.6. The molecule has 0 atom stereocenters. The lowest BCUT2D eigenvalue weighted by atomic mass is 10.1. The van der Waals surface area contributed by atoms with E-state index < -0.39 is 35.4 Å². The number of hydrogen-bond acceptors (Lipinski definition) is 9. The maximum Gasteiger partial charge on any atom is 0.348 e. The molecule has 0 spiro atoms. The Morgan fingerprint density at radius 1 is 1.30 bits per heavy atom. The molecule has 0 unspecified atom stereocenters. The normalized spacial score (nSPS) is 10.7. The molecule has 2 aromatic heterocycles. The number of aromatic nitrogens is 2. The van der Waals surface area contributed by atoms with Crippen LogP contribution in [-0.2, 0) is 20.8 Å². The van der Waals surface area contributed by atoms with Gasteiger partial charge in [0.15, 0.2) is 6.54 Å². The second-order valence-electron chi connectivity index (χ2n) is 6.54. The number of anilines is 1. The van der Waals surface area contributed by atoms with E-state index in [2.05, 4.69) is 10.4 Å². The predicted molar refractivity (Wildman–Crippen MR) is 108 cm³/mol. The predicted octanol–water partition coefficient (Wildman–Crippen LogP) is 2.85. The van der Waals surface area contributed by atoms with Crippen molar-refractivity contribution in [3.05, 3.63) is 37.9 Å². The minimum Gasteiger partial charge on any atom is -0.462 e. The van der Waals surface area contributed by atoms with Crippen molar-refractivity contribution in [2.75, 3.05) is 11.9 Å². The van der Waals surface area contributed by atoms with E-state index in [1.54, 1.807) is 34.6 Å². The van der Waals surface area contributed by atoms with Crippen molar-refractivity contribution >= 4 is 40.0 Å². The van der Waals surface area contributed by atoms with Gasteiger partial charge in [-0.1, -0.05) is 5.10 Å². The lowest BCUT2D eigenvalue weighted by molar-refractivity contribution is -0.392. The van der Waals surface area contributed by atoms with Gasteiger partial charge in [0.2, 0.25) is 0 Å². The van der Waals surface area contributed by atoms with Crippen molar-refractivity contribution < 1.29 is 28.8 Å². The molecule has 2 heterocycles. The summed E-state index contributed by atoms with van der Waals surface area (Å²) in [7, 11) is 0. The summed E-state index contributed by atoms with van der Waals surface area (Å²) in [6, 6.07) is 1.24. The van der Waals surface area contributed by atoms with E-state index in [0.717, 1.165) is 16.0 Å². The van der Waals surface area contributed by atoms with Crippen LogP contribution in [0.3, 0.4) is 0 Å². The van der Waals surface area contributed by atoms with Crippen molar-refractivity contribution in [2.45, 2.75) is 47.3 Å². The Morgan fingerprint density at radius 2 is 1.97 bits per heavy atom. The molecule has 0 aromatic carbocycles. The Hall–Kier alpha value is -3.28. The summed E-state index contributed by atoms with van der Waals surface area (Å²) in [5.41, 5.74) is 0.740. The van der Waals surface area contributed by atoms with Crippen LogP contribution < -0.4 is 5.32 Å². The molecular weight excluding hydrogens is 416 g/mol. The molecule has 1 N–H and O–H groups in total. The number of thiophene rings is 1. The van der Waals surface area contributed by atoms with Gasteiger partial charge in [-0.15, -0.1) is 16.0 Å². The zero-order valence-electron chi connectivity index (χ0n) is 17.2. The quantitative estimate of drug-likeness (QED) is 0.376. The highest BCUT2D eigenvalue weighted by atomic mass is 32.1. The molecule has 30 heavy (non-hydrogen) atoms. The lowest BCUT2D eigenvalue weighted by Crippen LogP contribution is -2.22. The number of ether oxygens (including phenoxy) is 2. The van der Waals surface area contributed by atoms with Crippen LogP contribution in [0.5, 0.6) is 0 Å². The van der Waals surface area contributed by atoms with Crippen molar-refractivity contribution in [1.82, 2.24) is 9.78 Å². The van der Waals surface area contributed by atoms with E-state index in [1.165, 1.54) is 6.07 Å². The number of carbonyl (C=O) groups excluding carboxylic acids is 3. The standard InChI is InChI=1S/C18H22N4O7S/c1-6-28-18(25)15-11(5)14(17(24)29-9(2)3)16(30-15)19-12(23)8-21-13(22(26)27)7-10(4)20-21/h7,9H,6,8H2,1-5H3,(H,19,23). The molecule has 0 aliphatic heterocycles. The minimum atomic E-state index is -0.703. The summed E-state index contributed by atoms with van der Waals surface area (Å²) in [4.78, 5) is 47.9. The Kier molecular flexibility index (Phi) is 7.27. The van der Waals surface area contributed by atoms with Crippen LogP contribution in [0.4, 0.5) is 10.8 Å². The first-order chi connectivity index (χ1) is 14.0. The third-order valence-electron chi connectivity index (χ3n) is 3.77. The minimum absolute atomic E-state index is 0.0382. The number of carbonyl (C=O) groups is 3. The van der Waals surface area contributed by atoms with Gasteiger partial charge in [-0.3, -0.25) is 4.79 Å². The summed E-state index contributed by atoms with van der Waals surface area (Å²) in [6.07, 6.45) is -0.416. The Balaban J connectivity index is 2.36. The fraction of sp³-hybridized carbons (Fsp3) is 0.444.